The molecule has 0 atom stereocenters. The molecule has 4 rings (SSSR count). The van der Waals surface area contributed by atoms with E-state index in [9.17, 15) is 18.0 Å². The van der Waals surface area contributed by atoms with E-state index in [-0.39, 0.29) is 23.3 Å². The van der Waals surface area contributed by atoms with Crippen molar-refractivity contribution in [3.05, 3.63) is 77.6 Å². The number of sulfone groups is 1. The molecule has 0 unspecified atom stereocenters. The molecule has 0 bridgehead atoms. The van der Waals surface area contributed by atoms with E-state index in [1.807, 2.05) is 31.0 Å². The van der Waals surface area contributed by atoms with E-state index in [1.165, 1.54) is 12.1 Å². The molecule has 2 heterocycles. The van der Waals surface area contributed by atoms with Crippen LogP contribution >= 0.6 is 0 Å². The summed E-state index contributed by atoms with van der Waals surface area (Å²) in [4.78, 5) is 28.3. The van der Waals surface area contributed by atoms with Crippen molar-refractivity contribution >= 4 is 27.3 Å². The van der Waals surface area contributed by atoms with Crippen LogP contribution in [0.5, 0.6) is 0 Å². The zero-order valence-electron chi connectivity index (χ0n) is 20.1. The molecule has 2 amide bonds. The summed E-state index contributed by atoms with van der Waals surface area (Å²) < 4.78 is 25.5. The number of benzene rings is 2. The van der Waals surface area contributed by atoms with E-state index in [4.69, 9.17) is 0 Å². The Labute approximate surface area is 205 Å². The van der Waals surface area contributed by atoms with Crippen molar-refractivity contribution in [2.45, 2.75) is 25.3 Å². The van der Waals surface area contributed by atoms with E-state index in [0.717, 1.165) is 17.6 Å². The summed E-state index contributed by atoms with van der Waals surface area (Å²) in [5.41, 5.74) is 2.89. The average molecular weight is 496 g/mol. The Morgan fingerprint density at radius 1 is 0.943 bits per heavy atom. The van der Waals surface area contributed by atoms with Crippen molar-refractivity contribution in [1.29, 1.82) is 0 Å². The van der Waals surface area contributed by atoms with Gasteiger partial charge in [0.05, 0.1) is 16.3 Å². The number of amides is 2. The van der Waals surface area contributed by atoms with Crippen LogP contribution in [0.3, 0.4) is 0 Å². The minimum atomic E-state index is -3.36. The first-order valence-electron chi connectivity index (χ1n) is 11.4. The highest BCUT2D eigenvalue weighted by atomic mass is 32.2. The van der Waals surface area contributed by atoms with Crippen LogP contribution in [0.25, 0.3) is 0 Å². The molecule has 1 aliphatic heterocycles. The monoisotopic (exact) mass is 495 g/mol. The van der Waals surface area contributed by atoms with Gasteiger partial charge in [-0.15, -0.1) is 0 Å². The average Bonchev–Trinajstić information content (AvgIpc) is 3.16. The van der Waals surface area contributed by atoms with Crippen molar-refractivity contribution in [2.24, 2.45) is 0 Å². The molecule has 9 nitrogen and oxygen atoms in total. The van der Waals surface area contributed by atoms with Gasteiger partial charge in [-0.1, -0.05) is 18.2 Å². The van der Waals surface area contributed by atoms with Crippen molar-refractivity contribution < 1.29 is 18.0 Å². The molecule has 35 heavy (non-hydrogen) atoms. The summed E-state index contributed by atoms with van der Waals surface area (Å²) >= 11 is 0. The highest BCUT2D eigenvalue weighted by molar-refractivity contribution is 7.90. The van der Waals surface area contributed by atoms with Crippen LogP contribution in [0.1, 0.15) is 21.7 Å². The molecule has 184 valence electrons. The second-order valence-electron chi connectivity index (χ2n) is 8.67. The lowest BCUT2D eigenvalue weighted by molar-refractivity contribution is -0.133. The summed E-state index contributed by atoms with van der Waals surface area (Å²) in [5.74, 6) is -0.241. The Kier molecular flexibility index (Phi) is 7.04. The van der Waals surface area contributed by atoms with Crippen molar-refractivity contribution in [3.8, 4) is 0 Å². The molecule has 0 radical (unpaired) electrons. The molecular formula is C25H29N5O4S. The van der Waals surface area contributed by atoms with Gasteiger partial charge in [-0.25, -0.2) is 18.4 Å². The molecule has 1 aromatic heterocycles. The molecule has 2 aromatic carbocycles. The molecule has 1 aliphatic rings. The van der Waals surface area contributed by atoms with Gasteiger partial charge in [0.25, 0.3) is 5.91 Å². The Morgan fingerprint density at radius 3 is 2.11 bits per heavy atom. The Balaban J connectivity index is 1.53. The van der Waals surface area contributed by atoms with E-state index in [0.29, 0.717) is 37.4 Å². The molecule has 1 fully saturated rings. The number of carbonyl (C=O) groups excluding carboxylic acids is 2. The number of aromatic nitrogens is 2. The van der Waals surface area contributed by atoms with Crippen molar-refractivity contribution in [3.63, 3.8) is 0 Å². The summed E-state index contributed by atoms with van der Waals surface area (Å²) in [6.45, 7) is 5.82. The number of hydrazine groups is 1. The quantitative estimate of drug-likeness (QED) is 0.521. The highest BCUT2D eigenvalue weighted by Gasteiger charge is 2.30. The summed E-state index contributed by atoms with van der Waals surface area (Å²) in [6, 6.07) is 17.1. The summed E-state index contributed by atoms with van der Waals surface area (Å²) in [7, 11) is -3.36. The third-order valence-electron chi connectivity index (χ3n) is 6.00. The molecule has 0 spiro atoms. The van der Waals surface area contributed by atoms with Gasteiger partial charge in [0, 0.05) is 43.7 Å². The predicted molar refractivity (Wildman–Crippen MR) is 133 cm³/mol. The fraction of sp³-hybridized carbons (Fsp3) is 0.320. The first kappa shape index (κ1) is 24.6. The topological polar surface area (TPSA) is 95.8 Å². The zero-order valence-corrected chi connectivity index (χ0v) is 20.9. The van der Waals surface area contributed by atoms with Crippen LogP contribution < -0.4 is 5.01 Å². The zero-order chi connectivity index (χ0) is 25.2. The third kappa shape index (κ3) is 5.60. The summed E-state index contributed by atoms with van der Waals surface area (Å²) in [5, 5.41) is 7.85. The summed E-state index contributed by atoms with van der Waals surface area (Å²) in [6.07, 6.45) is 1.15. The Bertz CT molecular complexity index is 1310. The maximum Gasteiger partial charge on any atom is 0.272 e. The second kappa shape index (κ2) is 10.0. The Hall–Kier alpha value is -3.50. The third-order valence-corrected chi connectivity index (χ3v) is 7.13. The Morgan fingerprint density at radius 2 is 1.57 bits per heavy atom. The maximum atomic E-state index is 13.5. The first-order valence-corrected chi connectivity index (χ1v) is 13.3. The molecular weight excluding hydrogens is 466 g/mol. The van der Waals surface area contributed by atoms with Crippen molar-refractivity contribution in [2.75, 3.05) is 37.4 Å². The fourth-order valence-corrected chi connectivity index (χ4v) is 4.79. The number of hydrogen-bond acceptors (Lipinski definition) is 6. The highest BCUT2D eigenvalue weighted by Crippen LogP contribution is 2.23. The largest absolute Gasteiger partial charge is 0.338 e. The fourth-order valence-electron chi connectivity index (χ4n) is 4.15. The molecule has 1 saturated heterocycles. The van der Waals surface area contributed by atoms with Gasteiger partial charge in [0.1, 0.15) is 6.54 Å². The van der Waals surface area contributed by atoms with Gasteiger partial charge in [-0.2, -0.15) is 5.10 Å². The van der Waals surface area contributed by atoms with Crippen molar-refractivity contribution in [1.82, 2.24) is 19.7 Å². The smallest absolute Gasteiger partial charge is 0.272 e. The predicted octanol–water partition coefficient (Wildman–Crippen LogP) is 2.31. The maximum absolute atomic E-state index is 13.5. The van der Waals surface area contributed by atoms with E-state index in [2.05, 4.69) is 5.10 Å². The van der Waals surface area contributed by atoms with Crippen LogP contribution in [0, 0.1) is 13.8 Å². The van der Waals surface area contributed by atoms with Gasteiger partial charge in [-0.05, 0) is 56.3 Å². The SMILES string of the molecule is Cc1cc(C)n(CC(=O)N2CCN(N(C(=O)c3ccccc3)c3ccc(S(C)(=O)=O)cc3)CC2)n1. The number of nitrogens with zero attached hydrogens (tertiary/aromatic N) is 5. The van der Waals surface area contributed by atoms with E-state index >= 15 is 0 Å². The number of hydrogen-bond donors (Lipinski definition) is 0. The minimum absolute atomic E-state index is 0.0192. The van der Waals surface area contributed by atoms with Crippen LogP contribution in [0.2, 0.25) is 0 Å². The molecule has 0 aliphatic carbocycles. The molecule has 10 heteroatoms. The standard InChI is InChI=1S/C25H29N5O4S/c1-19-17-20(2)29(26-19)18-24(31)27-13-15-28(16-14-27)30(25(32)21-7-5-4-6-8-21)22-9-11-23(12-10-22)35(3,33)34/h4-12,17H,13-16,18H2,1-3H3. The van der Waals surface area contributed by atoms with Crippen LogP contribution in [0.15, 0.2) is 65.6 Å². The lowest BCUT2D eigenvalue weighted by atomic mass is 10.2. The second-order valence-corrected chi connectivity index (χ2v) is 10.7. The van der Waals surface area contributed by atoms with Gasteiger partial charge in [0.2, 0.25) is 5.91 Å². The lowest BCUT2D eigenvalue weighted by Crippen LogP contribution is -2.57. The normalized spacial score (nSPS) is 14.7. The first-order chi connectivity index (χ1) is 16.6. The number of carbonyl (C=O) groups is 2. The number of anilines is 1. The number of aryl methyl sites for hydroxylation is 2. The van der Waals surface area contributed by atoms with Gasteiger partial charge < -0.3 is 4.90 Å². The van der Waals surface area contributed by atoms with E-state index < -0.39 is 9.84 Å². The van der Waals surface area contributed by atoms with Crippen LogP contribution in [0.4, 0.5) is 5.69 Å². The van der Waals surface area contributed by atoms with Gasteiger partial charge >= 0.3 is 0 Å². The van der Waals surface area contributed by atoms with Gasteiger partial charge in [0.15, 0.2) is 9.84 Å². The number of piperazine rings is 1. The molecule has 0 N–H and O–H groups in total. The molecule has 3 aromatic rings. The van der Waals surface area contributed by atoms with Crippen LogP contribution in [-0.2, 0) is 21.2 Å². The minimum Gasteiger partial charge on any atom is -0.338 e. The van der Waals surface area contributed by atoms with E-state index in [1.54, 1.807) is 51.0 Å². The number of rotatable bonds is 6. The molecule has 0 saturated carbocycles. The van der Waals surface area contributed by atoms with Crippen LogP contribution in [-0.4, -0.2) is 72.4 Å². The lowest BCUT2D eigenvalue weighted by Gasteiger charge is -2.41. The van der Waals surface area contributed by atoms with Gasteiger partial charge in [-0.3, -0.25) is 14.3 Å².